The fraction of sp³-hybridized carbons (Fsp3) is 0.800. The van der Waals surface area contributed by atoms with Gasteiger partial charge in [0.25, 0.3) is 0 Å². The summed E-state index contributed by atoms with van der Waals surface area (Å²) in [7, 11) is 0. The highest BCUT2D eigenvalue weighted by Crippen LogP contribution is 2.09. The molecule has 0 aliphatic carbocycles. The van der Waals surface area contributed by atoms with Crippen LogP contribution in [0.4, 0.5) is 0 Å². The number of esters is 1. The Morgan fingerprint density at radius 2 is 1.41 bits per heavy atom. The zero-order valence-corrected chi connectivity index (χ0v) is 11.8. The summed E-state index contributed by atoms with van der Waals surface area (Å²) in [6.45, 7) is 6.37. The van der Waals surface area contributed by atoms with Crippen LogP contribution in [0.15, 0.2) is 11.6 Å². The van der Waals surface area contributed by atoms with E-state index >= 15 is 0 Å². The Morgan fingerprint density at radius 3 is 1.94 bits per heavy atom. The molecule has 17 heavy (non-hydrogen) atoms. The lowest BCUT2D eigenvalue weighted by Crippen LogP contribution is -1.99. The molecule has 0 rings (SSSR count). The average Bonchev–Trinajstić information content (AvgIpc) is 2.25. The first kappa shape index (κ1) is 16.2. The summed E-state index contributed by atoms with van der Waals surface area (Å²) < 4.78 is 4.88. The maximum absolute atomic E-state index is 10.5. The maximum Gasteiger partial charge on any atom is 0.302 e. The molecule has 0 spiro atoms. The van der Waals surface area contributed by atoms with Crippen LogP contribution in [-0.2, 0) is 9.53 Å². The summed E-state index contributed by atoms with van der Waals surface area (Å²) in [5.74, 6) is -0.163. The molecule has 0 aliphatic heterocycles. The lowest BCUT2D eigenvalue weighted by atomic mass is 10.1. The van der Waals surface area contributed by atoms with Gasteiger partial charge in [0.1, 0.15) is 0 Å². The predicted octanol–water partition coefficient (Wildman–Crippen LogP) is 4.64. The largest absolute Gasteiger partial charge is 0.466 e. The fourth-order valence-corrected chi connectivity index (χ4v) is 1.74. The third-order valence-corrected chi connectivity index (χ3v) is 2.71. The van der Waals surface area contributed by atoms with E-state index in [1.165, 1.54) is 57.4 Å². The summed E-state index contributed by atoms with van der Waals surface area (Å²) >= 11 is 0. The van der Waals surface area contributed by atoms with Crippen molar-refractivity contribution in [2.24, 2.45) is 0 Å². The lowest BCUT2D eigenvalue weighted by molar-refractivity contribution is -0.141. The van der Waals surface area contributed by atoms with E-state index in [4.69, 9.17) is 4.74 Å². The van der Waals surface area contributed by atoms with E-state index in [1.807, 2.05) is 0 Å². The molecule has 0 unspecified atom stereocenters. The third-order valence-electron chi connectivity index (χ3n) is 2.71. The van der Waals surface area contributed by atoms with Crippen LogP contribution in [0.5, 0.6) is 0 Å². The van der Waals surface area contributed by atoms with Crippen LogP contribution in [0, 0.1) is 0 Å². The Morgan fingerprint density at radius 1 is 0.882 bits per heavy atom. The highest BCUT2D eigenvalue weighted by Gasteiger charge is 1.94. The van der Waals surface area contributed by atoms with E-state index in [1.54, 1.807) is 0 Å². The van der Waals surface area contributed by atoms with E-state index in [-0.39, 0.29) is 5.97 Å². The van der Waals surface area contributed by atoms with Gasteiger partial charge < -0.3 is 4.74 Å². The van der Waals surface area contributed by atoms with Gasteiger partial charge in [-0.3, -0.25) is 4.79 Å². The molecule has 0 fully saturated rings. The second kappa shape index (κ2) is 11.7. The molecule has 2 heteroatoms. The molecule has 0 aliphatic rings. The van der Waals surface area contributed by atoms with Crippen molar-refractivity contribution >= 4 is 5.97 Å². The smallest absolute Gasteiger partial charge is 0.302 e. The fourth-order valence-electron chi connectivity index (χ4n) is 1.74. The molecule has 100 valence electrons. The Bertz CT molecular complexity index is 215. The van der Waals surface area contributed by atoms with Crippen LogP contribution in [-0.4, -0.2) is 12.6 Å². The van der Waals surface area contributed by atoms with Crippen molar-refractivity contribution in [1.82, 2.24) is 0 Å². The Kier molecular flexibility index (Phi) is 11.1. The zero-order valence-electron chi connectivity index (χ0n) is 11.8. The van der Waals surface area contributed by atoms with E-state index < -0.39 is 0 Å². The van der Waals surface area contributed by atoms with Gasteiger partial charge in [-0.15, -0.1) is 0 Å². The highest BCUT2D eigenvalue weighted by atomic mass is 16.5. The Hall–Kier alpha value is -0.790. The number of allylic oxidation sites excluding steroid dienone is 2. The minimum atomic E-state index is -0.163. The van der Waals surface area contributed by atoms with Crippen LogP contribution >= 0.6 is 0 Å². The molecule has 0 bridgehead atoms. The topological polar surface area (TPSA) is 26.3 Å². The molecule has 2 nitrogen and oxygen atoms in total. The van der Waals surface area contributed by atoms with Crippen LogP contribution < -0.4 is 0 Å². The first-order chi connectivity index (χ1) is 8.13. The molecule has 0 amide bonds. The third kappa shape index (κ3) is 15.2. The molecule has 0 heterocycles. The van der Waals surface area contributed by atoms with E-state index in [0.29, 0.717) is 6.61 Å². The standard InChI is InChI=1S/C15H28O2/c1-14(2)12-10-8-6-4-5-7-9-11-13-17-15(3)16/h12H,4-11,13H2,1-3H3. The van der Waals surface area contributed by atoms with Gasteiger partial charge in [-0.1, -0.05) is 43.8 Å². The SMILES string of the molecule is CC(=O)OCCCCCCCCCC=C(C)C. The molecule has 0 aromatic carbocycles. The molecular formula is C15H28O2. The van der Waals surface area contributed by atoms with Crippen LogP contribution in [0.2, 0.25) is 0 Å². The van der Waals surface area contributed by atoms with Crippen LogP contribution in [0.25, 0.3) is 0 Å². The highest BCUT2D eigenvalue weighted by molar-refractivity contribution is 5.65. The second-order valence-electron chi connectivity index (χ2n) is 4.89. The van der Waals surface area contributed by atoms with Gasteiger partial charge in [0.2, 0.25) is 0 Å². The van der Waals surface area contributed by atoms with Gasteiger partial charge in [-0.2, -0.15) is 0 Å². The first-order valence-corrected chi connectivity index (χ1v) is 6.89. The number of hydrogen-bond acceptors (Lipinski definition) is 2. The summed E-state index contributed by atoms with van der Waals surface area (Å²) in [5.41, 5.74) is 1.43. The number of hydrogen-bond donors (Lipinski definition) is 0. The Labute approximate surface area is 106 Å². The molecule has 0 saturated heterocycles. The van der Waals surface area contributed by atoms with Crippen molar-refractivity contribution in [2.45, 2.75) is 72.1 Å². The van der Waals surface area contributed by atoms with Crippen LogP contribution in [0.1, 0.15) is 72.1 Å². The lowest BCUT2D eigenvalue weighted by Gasteiger charge is -2.02. The molecule has 0 aromatic heterocycles. The van der Waals surface area contributed by atoms with Crippen molar-refractivity contribution in [3.05, 3.63) is 11.6 Å². The van der Waals surface area contributed by atoms with Crippen molar-refractivity contribution in [2.75, 3.05) is 6.61 Å². The average molecular weight is 240 g/mol. The number of unbranched alkanes of at least 4 members (excludes halogenated alkanes) is 7. The monoisotopic (exact) mass is 240 g/mol. The Balaban J connectivity index is 3.04. The van der Waals surface area contributed by atoms with Gasteiger partial charge in [-0.05, 0) is 33.1 Å². The molecule has 0 atom stereocenters. The van der Waals surface area contributed by atoms with Crippen LogP contribution in [0.3, 0.4) is 0 Å². The van der Waals surface area contributed by atoms with Gasteiger partial charge in [0.05, 0.1) is 6.61 Å². The van der Waals surface area contributed by atoms with E-state index in [9.17, 15) is 4.79 Å². The normalized spacial score (nSPS) is 10.1. The molecule has 0 radical (unpaired) electrons. The van der Waals surface area contributed by atoms with Gasteiger partial charge in [0.15, 0.2) is 0 Å². The zero-order chi connectivity index (χ0) is 12.9. The summed E-state index contributed by atoms with van der Waals surface area (Å²) in [6.07, 6.45) is 12.3. The van der Waals surface area contributed by atoms with Gasteiger partial charge in [0, 0.05) is 6.92 Å². The van der Waals surface area contributed by atoms with Crippen molar-refractivity contribution < 1.29 is 9.53 Å². The summed E-state index contributed by atoms with van der Waals surface area (Å²) in [6, 6.07) is 0. The maximum atomic E-state index is 10.5. The molecule has 0 N–H and O–H groups in total. The summed E-state index contributed by atoms with van der Waals surface area (Å²) in [4.78, 5) is 10.5. The first-order valence-electron chi connectivity index (χ1n) is 6.89. The van der Waals surface area contributed by atoms with E-state index in [0.717, 1.165) is 6.42 Å². The van der Waals surface area contributed by atoms with Crippen molar-refractivity contribution in [3.8, 4) is 0 Å². The molecule has 0 aromatic rings. The second-order valence-corrected chi connectivity index (χ2v) is 4.89. The number of carbonyl (C=O) groups is 1. The number of carbonyl (C=O) groups excluding carboxylic acids is 1. The van der Waals surface area contributed by atoms with Gasteiger partial charge in [-0.25, -0.2) is 0 Å². The molecule has 0 saturated carbocycles. The minimum absolute atomic E-state index is 0.163. The number of rotatable bonds is 10. The van der Waals surface area contributed by atoms with E-state index in [2.05, 4.69) is 19.9 Å². The summed E-state index contributed by atoms with van der Waals surface area (Å²) in [5, 5.41) is 0. The quantitative estimate of drug-likeness (QED) is 0.316. The van der Waals surface area contributed by atoms with Gasteiger partial charge >= 0.3 is 5.97 Å². The van der Waals surface area contributed by atoms with Crippen molar-refractivity contribution in [1.29, 1.82) is 0 Å². The predicted molar refractivity (Wildman–Crippen MR) is 73.0 cm³/mol. The number of ether oxygens (including phenoxy) is 1. The van der Waals surface area contributed by atoms with Crippen molar-refractivity contribution in [3.63, 3.8) is 0 Å². The molecular weight excluding hydrogens is 212 g/mol. The minimum Gasteiger partial charge on any atom is -0.466 e.